The molecule has 0 aliphatic rings. The number of esters is 1. The van der Waals surface area contributed by atoms with Gasteiger partial charge in [-0.3, -0.25) is 9.78 Å². The zero-order valence-electron chi connectivity index (χ0n) is 16.2. The number of nitrogens with zero attached hydrogens (tertiary/aromatic N) is 3. The number of aromatic nitrogens is 3. The number of anilines is 3. The molecule has 8 nitrogen and oxygen atoms in total. The molecule has 4 aromatic rings. The Morgan fingerprint density at radius 1 is 1.07 bits per heavy atom. The fourth-order valence-electron chi connectivity index (χ4n) is 2.89. The Morgan fingerprint density at radius 3 is 2.67 bits per heavy atom. The van der Waals surface area contributed by atoms with Crippen LogP contribution < -0.4 is 10.6 Å². The lowest BCUT2D eigenvalue weighted by molar-refractivity contribution is 0.0600. The number of para-hydroxylation sites is 2. The minimum absolute atomic E-state index is 0.347. The Hall–Kier alpha value is -3.85. The molecule has 0 aliphatic heterocycles. The van der Waals surface area contributed by atoms with Gasteiger partial charge in [0, 0.05) is 5.69 Å². The second-order valence-electron chi connectivity index (χ2n) is 6.37. The lowest BCUT2D eigenvalue weighted by atomic mass is 10.2. The summed E-state index contributed by atoms with van der Waals surface area (Å²) in [7, 11) is 1.31. The van der Waals surface area contributed by atoms with Crippen molar-refractivity contribution < 1.29 is 14.3 Å². The van der Waals surface area contributed by atoms with E-state index in [-0.39, 0.29) is 5.91 Å². The molecule has 30 heavy (non-hydrogen) atoms. The fraction of sp³-hybridized carbons (Fsp3) is 0.0952. The highest BCUT2D eigenvalue weighted by Crippen LogP contribution is 2.28. The van der Waals surface area contributed by atoms with Crippen LogP contribution in [0.4, 0.5) is 16.5 Å². The Morgan fingerprint density at radius 2 is 1.87 bits per heavy atom. The van der Waals surface area contributed by atoms with Gasteiger partial charge in [0.1, 0.15) is 10.8 Å². The number of ether oxygens (including phenoxy) is 1. The Kier molecular flexibility index (Phi) is 5.36. The van der Waals surface area contributed by atoms with Crippen LogP contribution in [0.3, 0.4) is 0 Å². The van der Waals surface area contributed by atoms with E-state index in [0.717, 1.165) is 22.6 Å². The minimum atomic E-state index is -0.475. The first kappa shape index (κ1) is 19.5. The number of aryl methyl sites for hydroxylation is 1. The molecule has 2 N–H and O–H groups in total. The number of methoxy groups -OCH3 is 1. The number of hydrogen-bond donors (Lipinski definition) is 2. The lowest BCUT2D eigenvalue weighted by Gasteiger charge is -2.09. The van der Waals surface area contributed by atoms with Crippen molar-refractivity contribution in [3.05, 3.63) is 71.5 Å². The molecule has 9 heteroatoms. The van der Waals surface area contributed by atoms with Crippen LogP contribution in [0.2, 0.25) is 0 Å². The second kappa shape index (κ2) is 8.26. The van der Waals surface area contributed by atoms with Crippen LogP contribution in [0.25, 0.3) is 11.0 Å². The highest BCUT2D eigenvalue weighted by atomic mass is 32.1. The van der Waals surface area contributed by atoms with Crippen LogP contribution in [0, 0.1) is 6.92 Å². The molecule has 0 spiro atoms. The molecule has 2 aromatic carbocycles. The maximum Gasteiger partial charge on any atom is 0.337 e. The minimum Gasteiger partial charge on any atom is -0.465 e. The number of amides is 1. The average Bonchev–Trinajstić information content (AvgIpc) is 3.13. The van der Waals surface area contributed by atoms with Crippen molar-refractivity contribution in [3.8, 4) is 0 Å². The van der Waals surface area contributed by atoms with Crippen LogP contribution in [0.15, 0.2) is 54.7 Å². The van der Waals surface area contributed by atoms with Crippen molar-refractivity contribution in [2.45, 2.75) is 6.92 Å². The molecule has 150 valence electrons. The van der Waals surface area contributed by atoms with E-state index in [4.69, 9.17) is 4.74 Å². The number of carbonyl (C=O) groups is 2. The van der Waals surface area contributed by atoms with Crippen molar-refractivity contribution in [1.82, 2.24) is 14.3 Å². The number of benzene rings is 2. The highest BCUT2D eigenvalue weighted by Gasteiger charge is 2.20. The largest absolute Gasteiger partial charge is 0.465 e. The quantitative estimate of drug-likeness (QED) is 0.468. The standard InChI is InChI=1S/C21H17N5O3S/c1-12-18(19(27)23-14-7-5-6-13(10-14)21(28)29-2)20(30-26-12)25-17-11-22-15-8-3-4-9-16(15)24-17/h3-11H,1-2H3,(H,23,27)(H,24,25). The molecule has 0 unspecified atom stereocenters. The third kappa shape index (κ3) is 3.96. The summed E-state index contributed by atoms with van der Waals surface area (Å²) in [5, 5.41) is 6.50. The Labute approximate surface area is 176 Å². The molecule has 4 rings (SSSR count). The molecule has 0 atom stereocenters. The van der Waals surface area contributed by atoms with Gasteiger partial charge in [-0.1, -0.05) is 18.2 Å². The summed E-state index contributed by atoms with van der Waals surface area (Å²) in [5.74, 6) is -0.310. The first-order valence-corrected chi connectivity index (χ1v) is 9.77. The first-order valence-electron chi connectivity index (χ1n) is 9.00. The molecule has 0 bridgehead atoms. The molecule has 2 heterocycles. The number of fused-ring (bicyclic) bond motifs is 1. The average molecular weight is 419 g/mol. The summed E-state index contributed by atoms with van der Waals surface area (Å²) in [5.41, 5.74) is 3.34. The second-order valence-corrected chi connectivity index (χ2v) is 7.14. The van der Waals surface area contributed by atoms with E-state index in [1.54, 1.807) is 37.4 Å². The van der Waals surface area contributed by atoms with Gasteiger partial charge in [0.2, 0.25) is 0 Å². The van der Waals surface area contributed by atoms with Gasteiger partial charge in [-0.25, -0.2) is 9.78 Å². The molecular formula is C21H17N5O3S. The van der Waals surface area contributed by atoms with Crippen LogP contribution in [0.1, 0.15) is 26.4 Å². The van der Waals surface area contributed by atoms with E-state index in [1.807, 2.05) is 24.3 Å². The van der Waals surface area contributed by atoms with Crippen LogP contribution in [-0.2, 0) is 4.74 Å². The topological polar surface area (TPSA) is 106 Å². The zero-order valence-corrected chi connectivity index (χ0v) is 17.0. The molecule has 0 aliphatic carbocycles. The van der Waals surface area contributed by atoms with Gasteiger partial charge in [0.25, 0.3) is 5.91 Å². The molecule has 0 saturated heterocycles. The maximum absolute atomic E-state index is 12.9. The van der Waals surface area contributed by atoms with E-state index >= 15 is 0 Å². The zero-order chi connectivity index (χ0) is 21.1. The number of rotatable bonds is 5. The third-order valence-corrected chi connectivity index (χ3v) is 5.18. The van der Waals surface area contributed by atoms with Gasteiger partial charge >= 0.3 is 5.97 Å². The summed E-state index contributed by atoms with van der Waals surface area (Å²) >= 11 is 1.16. The van der Waals surface area contributed by atoms with E-state index < -0.39 is 5.97 Å². The predicted octanol–water partition coefficient (Wildman–Crippen LogP) is 4.18. The van der Waals surface area contributed by atoms with E-state index in [9.17, 15) is 9.59 Å². The lowest BCUT2D eigenvalue weighted by Crippen LogP contribution is -2.14. The van der Waals surface area contributed by atoms with Gasteiger partial charge in [-0.05, 0) is 48.8 Å². The summed E-state index contributed by atoms with van der Waals surface area (Å²) in [6.07, 6.45) is 1.61. The van der Waals surface area contributed by atoms with Crippen molar-refractivity contribution in [3.63, 3.8) is 0 Å². The number of nitrogens with one attached hydrogen (secondary N) is 2. The summed E-state index contributed by atoms with van der Waals surface area (Å²) < 4.78 is 9.01. The third-order valence-electron chi connectivity index (χ3n) is 4.32. The predicted molar refractivity (Wildman–Crippen MR) is 115 cm³/mol. The van der Waals surface area contributed by atoms with Gasteiger partial charge in [-0.15, -0.1) is 0 Å². The number of carbonyl (C=O) groups excluding carboxylic acids is 2. The van der Waals surface area contributed by atoms with E-state index in [0.29, 0.717) is 33.3 Å². The summed E-state index contributed by atoms with van der Waals surface area (Å²) in [4.78, 5) is 33.6. The van der Waals surface area contributed by atoms with Gasteiger partial charge in [0.15, 0.2) is 0 Å². The van der Waals surface area contributed by atoms with Crippen LogP contribution in [0.5, 0.6) is 0 Å². The van der Waals surface area contributed by atoms with E-state index in [1.165, 1.54) is 7.11 Å². The fourth-order valence-corrected chi connectivity index (χ4v) is 3.69. The van der Waals surface area contributed by atoms with E-state index in [2.05, 4.69) is 25.0 Å². The van der Waals surface area contributed by atoms with Crippen molar-refractivity contribution in [1.29, 1.82) is 0 Å². The van der Waals surface area contributed by atoms with Crippen molar-refractivity contribution in [2.75, 3.05) is 17.7 Å². The molecule has 0 fully saturated rings. The van der Waals surface area contributed by atoms with Gasteiger partial charge in [0.05, 0.1) is 41.2 Å². The first-order chi connectivity index (χ1) is 14.5. The van der Waals surface area contributed by atoms with Crippen molar-refractivity contribution in [2.24, 2.45) is 0 Å². The molecule has 0 saturated carbocycles. The highest BCUT2D eigenvalue weighted by molar-refractivity contribution is 7.10. The van der Waals surface area contributed by atoms with Crippen molar-refractivity contribution >= 4 is 50.9 Å². The monoisotopic (exact) mass is 419 g/mol. The number of hydrogen-bond acceptors (Lipinski definition) is 8. The Bertz CT molecular complexity index is 1250. The van der Waals surface area contributed by atoms with Gasteiger partial charge in [-0.2, -0.15) is 4.37 Å². The van der Waals surface area contributed by atoms with Crippen LogP contribution in [-0.4, -0.2) is 33.3 Å². The maximum atomic E-state index is 12.9. The smallest absolute Gasteiger partial charge is 0.337 e. The molecular weight excluding hydrogens is 402 g/mol. The molecule has 1 amide bonds. The molecule has 2 aromatic heterocycles. The van der Waals surface area contributed by atoms with Gasteiger partial charge < -0.3 is 15.4 Å². The molecule has 0 radical (unpaired) electrons. The SMILES string of the molecule is COC(=O)c1cccc(NC(=O)c2c(C)nsc2Nc2cnc3ccccc3n2)c1. The summed E-state index contributed by atoms with van der Waals surface area (Å²) in [6, 6.07) is 14.1. The normalized spacial score (nSPS) is 10.6. The summed E-state index contributed by atoms with van der Waals surface area (Å²) in [6.45, 7) is 1.76. The Balaban J connectivity index is 1.58. The van der Waals surface area contributed by atoms with Crippen LogP contribution >= 0.6 is 11.5 Å².